The first-order valence-corrected chi connectivity index (χ1v) is 11.3. The first kappa shape index (κ1) is 19.9. The van der Waals surface area contributed by atoms with Gasteiger partial charge in [0.15, 0.2) is 0 Å². The van der Waals surface area contributed by atoms with Crippen LogP contribution in [0.2, 0.25) is 12.1 Å². The summed E-state index contributed by atoms with van der Waals surface area (Å²) in [7, 11) is 1.45. The van der Waals surface area contributed by atoms with E-state index < -0.39 is 8.56 Å². The van der Waals surface area contributed by atoms with E-state index in [0.717, 1.165) is 24.9 Å². The minimum absolute atomic E-state index is 0.995. The SMILES string of the molecule is CO[Si](CCc1cc(C)ccc1C)(CCc1cc(C)ccc1C)OC. The standard InChI is InChI=1S/C22H32O2Si/c1-17-7-9-19(3)21(15-17)11-13-25(23-5,24-6)14-12-22-16-18(2)8-10-20(22)4/h7-10,15-16H,11-14H2,1-6H3. The van der Waals surface area contributed by atoms with Gasteiger partial charge in [-0.2, -0.15) is 0 Å². The third-order valence-electron chi connectivity index (χ3n) is 5.30. The van der Waals surface area contributed by atoms with Crippen LogP contribution in [0.4, 0.5) is 0 Å². The van der Waals surface area contributed by atoms with Gasteiger partial charge in [-0.3, -0.25) is 0 Å². The third kappa shape index (κ3) is 5.27. The van der Waals surface area contributed by atoms with Crippen LogP contribution in [0.25, 0.3) is 0 Å². The maximum absolute atomic E-state index is 5.99. The molecule has 25 heavy (non-hydrogen) atoms. The maximum Gasteiger partial charge on any atom is 0.338 e. The lowest BCUT2D eigenvalue weighted by atomic mass is 10.0. The Labute approximate surface area is 154 Å². The van der Waals surface area contributed by atoms with E-state index in [1.165, 1.54) is 33.4 Å². The second kappa shape index (κ2) is 8.79. The molecule has 0 saturated carbocycles. The zero-order valence-electron chi connectivity index (χ0n) is 16.6. The molecule has 2 aromatic rings. The molecule has 2 nitrogen and oxygen atoms in total. The van der Waals surface area contributed by atoms with Crippen molar-refractivity contribution in [3.63, 3.8) is 0 Å². The summed E-state index contributed by atoms with van der Waals surface area (Å²) < 4.78 is 12.0. The van der Waals surface area contributed by atoms with E-state index in [0.29, 0.717) is 0 Å². The Balaban J connectivity index is 2.09. The molecule has 0 fully saturated rings. The summed E-state index contributed by atoms with van der Waals surface area (Å²) in [6, 6.07) is 15.4. The number of aryl methyl sites for hydroxylation is 6. The zero-order valence-corrected chi connectivity index (χ0v) is 17.6. The average Bonchev–Trinajstić information content (AvgIpc) is 2.61. The summed E-state index contributed by atoms with van der Waals surface area (Å²) in [6.45, 7) is 8.68. The van der Waals surface area contributed by atoms with Gasteiger partial charge < -0.3 is 8.85 Å². The van der Waals surface area contributed by atoms with Crippen LogP contribution in [0.5, 0.6) is 0 Å². The Morgan fingerprint density at radius 2 is 1.08 bits per heavy atom. The molecule has 0 saturated heterocycles. The molecule has 0 amide bonds. The highest BCUT2D eigenvalue weighted by molar-refractivity contribution is 6.67. The summed E-state index contributed by atoms with van der Waals surface area (Å²) in [5.74, 6) is 0. The second-order valence-corrected chi connectivity index (χ2v) is 10.8. The summed E-state index contributed by atoms with van der Waals surface area (Å²) in [5.41, 5.74) is 8.18. The zero-order chi connectivity index (χ0) is 18.4. The lowest BCUT2D eigenvalue weighted by molar-refractivity contribution is 0.241. The summed E-state index contributed by atoms with van der Waals surface area (Å²) in [4.78, 5) is 0. The van der Waals surface area contributed by atoms with Crippen molar-refractivity contribution >= 4 is 8.56 Å². The van der Waals surface area contributed by atoms with Crippen LogP contribution in [-0.4, -0.2) is 22.8 Å². The van der Waals surface area contributed by atoms with Gasteiger partial charge in [0.2, 0.25) is 0 Å². The Bertz CT molecular complexity index is 648. The Kier molecular flexibility index (Phi) is 7.00. The molecule has 0 aliphatic heterocycles. The normalized spacial score (nSPS) is 11.8. The molecule has 0 aliphatic rings. The van der Waals surface area contributed by atoms with E-state index in [9.17, 15) is 0 Å². The molecule has 136 valence electrons. The molecule has 0 bridgehead atoms. The van der Waals surface area contributed by atoms with E-state index in [-0.39, 0.29) is 0 Å². The van der Waals surface area contributed by atoms with E-state index >= 15 is 0 Å². The molecule has 0 spiro atoms. The fourth-order valence-corrected chi connectivity index (χ4v) is 5.94. The van der Waals surface area contributed by atoms with Crippen molar-refractivity contribution in [2.45, 2.75) is 52.6 Å². The molecule has 0 N–H and O–H groups in total. The van der Waals surface area contributed by atoms with Gasteiger partial charge in [-0.1, -0.05) is 47.5 Å². The van der Waals surface area contributed by atoms with Gasteiger partial charge in [0.25, 0.3) is 0 Å². The smallest absolute Gasteiger partial charge is 0.338 e. The highest BCUT2D eigenvalue weighted by atomic mass is 28.4. The minimum atomic E-state index is -2.19. The molecule has 0 radical (unpaired) electrons. The Morgan fingerprint density at radius 1 is 0.680 bits per heavy atom. The molecule has 3 heteroatoms. The monoisotopic (exact) mass is 356 g/mol. The Morgan fingerprint density at radius 3 is 1.44 bits per heavy atom. The largest absolute Gasteiger partial charge is 0.398 e. The van der Waals surface area contributed by atoms with Crippen molar-refractivity contribution in [1.29, 1.82) is 0 Å². The van der Waals surface area contributed by atoms with Gasteiger partial charge >= 0.3 is 8.56 Å². The molecule has 0 unspecified atom stereocenters. The first-order valence-electron chi connectivity index (χ1n) is 9.12. The summed E-state index contributed by atoms with van der Waals surface area (Å²) in [5, 5.41) is 0. The van der Waals surface area contributed by atoms with Gasteiger partial charge in [-0.25, -0.2) is 0 Å². The van der Waals surface area contributed by atoms with Crippen molar-refractivity contribution in [2.75, 3.05) is 14.2 Å². The van der Waals surface area contributed by atoms with Crippen molar-refractivity contribution < 1.29 is 8.85 Å². The number of hydrogen-bond donors (Lipinski definition) is 0. The molecular formula is C22H32O2Si. The quantitative estimate of drug-likeness (QED) is 0.586. The van der Waals surface area contributed by atoms with Crippen LogP contribution >= 0.6 is 0 Å². The molecule has 0 heterocycles. The van der Waals surface area contributed by atoms with Crippen molar-refractivity contribution in [2.24, 2.45) is 0 Å². The molecule has 2 aromatic carbocycles. The van der Waals surface area contributed by atoms with Crippen molar-refractivity contribution in [3.05, 3.63) is 69.8 Å². The lowest BCUT2D eigenvalue weighted by Crippen LogP contribution is -2.41. The van der Waals surface area contributed by atoms with Crippen LogP contribution in [0.15, 0.2) is 36.4 Å². The van der Waals surface area contributed by atoms with Gasteiger partial charge in [-0.05, 0) is 74.9 Å². The van der Waals surface area contributed by atoms with Gasteiger partial charge in [-0.15, -0.1) is 0 Å². The lowest BCUT2D eigenvalue weighted by Gasteiger charge is -2.28. The number of benzene rings is 2. The van der Waals surface area contributed by atoms with Crippen LogP contribution in [0.1, 0.15) is 33.4 Å². The van der Waals surface area contributed by atoms with E-state index in [1.807, 2.05) is 14.2 Å². The van der Waals surface area contributed by atoms with Gasteiger partial charge in [0, 0.05) is 14.2 Å². The van der Waals surface area contributed by atoms with Crippen LogP contribution in [0.3, 0.4) is 0 Å². The fraction of sp³-hybridized carbons (Fsp3) is 0.455. The fourth-order valence-electron chi connectivity index (χ4n) is 3.41. The third-order valence-corrected chi connectivity index (χ3v) is 8.82. The molecule has 0 atom stereocenters. The average molecular weight is 357 g/mol. The van der Waals surface area contributed by atoms with E-state index in [2.05, 4.69) is 64.1 Å². The van der Waals surface area contributed by atoms with Crippen LogP contribution in [-0.2, 0) is 21.7 Å². The molecule has 0 aliphatic carbocycles. The van der Waals surface area contributed by atoms with E-state index in [4.69, 9.17) is 8.85 Å². The predicted octanol–water partition coefficient (Wildman–Crippen LogP) is 5.44. The number of rotatable bonds is 8. The van der Waals surface area contributed by atoms with E-state index in [1.54, 1.807) is 0 Å². The van der Waals surface area contributed by atoms with Gasteiger partial charge in [0.05, 0.1) is 0 Å². The maximum atomic E-state index is 5.99. The second-order valence-electron chi connectivity index (χ2n) is 7.18. The highest BCUT2D eigenvalue weighted by Crippen LogP contribution is 2.25. The number of hydrogen-bond acceptors (Lipinski definition) is 2. The Hall–Kier alpha value is -1.42. The first-order chi connectivity index (χ1) is 11.9. The van der Waals surface area contributed by atoms with Crippen LogP contribution in [0, 0.1) is 27.7 Å². The predicted molar refractivity (Wildman–Crippen MR) is 109 cm³/mol. The van der Waals surface area contributed by atoms with Crippen LogP contribution < -0.4 is 0 Å². The summed E-state index contributed by atoms with van der Waals surface area (Å²) in [6.07, 6.45) is 2.04. The molecule has 0 aromatic heterocycles. The molecular weight excluding hydrogens is 324 g/mol. The van der Waals surface area contributed by atoms with Crippen molar-refractivity contribution in [1.82, 2.24) is 0 Å². The molecule has 2 rings (SSSR count). The topological polar surface area (TPSA) is 18.5 Å². The van der Waals surface area contributed by atoms with Crippen molar-refractivity contribution in [3.8, 4) is 0 Å². The van der Waals surface area contributed by atoms with Gasteiger partial charge in [0.1, 0.15) is 0 Å². The summed E-state index contributed by atoms with van der Waals surface area (Å²) >= 11 is 0. The minimum Gasteiger partial charge on any atom is -0.398 e. The highest BCUT2D eigenvalue weighted by Gasteiger charge is 2.35.